The van der Waals surface area contributed by atoms with E-state index in [4.69, 9.17) is 4.74 Å². The van der Waals surface area contributed by atoms with Gasteiger partial charge >= 0.3 is 0 Å². The topological polar surface area (TPSA) is 88.9 Å². The molecule has 0 amide bonds. The summed E-state index contributed by atoms with van der Waals surface area (Å²) in [7, 11) is 0. The average molecular weight is 541 g/mol. The van der Waals surface area contributed by atoms with Gasteiger partial charge in [0.05, 0.1) is 12.6 Å². The van der Waals surface area contributed by atoms with Gasteiger partial charge in [0.15, 0.2) is 5.82 Å². The first kappa shape index (κ1) is 25.6. The zero-order valence-electron chi connectivity index (χ0n) is 22.0. The van der Waals surface area contributed by atoms with Gasteiger partial charge in [-0.2, -0.15) is 0 Å². The number of hydrogen-bond donors (Lipinski definition) is 1. The van der Waals surface area contributed by atoms with Gasteiger partial charge in [-0.25, -0.2) is 4.68 Å². The second-order valence-electron chi connectivity index (χ2n) is 10.2. The molecule has 0 radical (unpaired) electrons. The second kappa shape index (κ2) is 11.6. The summed E-state index contributed by atoms with van der Waals surface area (Å²) in [6, 6.07) is 22.4. The smallest absolute Gasteiger partial charge is 0.253 e. The van der Waals surface area contributed by atoms with Crippen molar-refractivity contribution >= 4 is 22.2 Å². The first-order valence-corrected chi connectivity index (χ1v) is 14.3. The number of hydrogen-bond acceptors (Lipinski definition) is 7. The molecule has 1 aliphatic rings. The fourth-order valence-corrected chi connectivity index (χ4v) is 6.10. The van der Waals surface area contributed by atoms with Gasteiger partial charge in [-0.15, -0.1) is 16.4 Å². The number of tetrazole rings is 1. The Labute approximate surface area is 231 Å². The van der Waals surface area contributed by atoms with Crippen LogP contribution in [0.4, 0.5) is 0 Å². The lowest BCUT2D eigenvalue weighted by molar-refractivity contribution is 0.0906. The van der Waals surface area contributed by atoms with Gasteiger partial charge in [0, 0.05) is 35.7 Å². The molecule has 2 aromatic carbocycles. The summed E-state index contributed by atoms with van der Waals surface area (Å²) in [5.41, 5.74) is 3.69. The van der Waals surface area contributed by atoms with Crippen LogP contribution in [-0.4, -0.2) is 49.3 Å². The van der Waals surface area contributed by atoms with Crippen molar-refractivity contribution in [1.29, 1.82) is 0 Å². The molecule has 0 saturated carbocycles. The van der Waals surface area contributed by atoms with Gasteiger partial charge in [0.1, 0.15) is 6.04 Å². The monoisotopic (exact) mass is 540 g/mol. The van der Waals surface area contributed by atoms with Crippen LogP contribution in [0.2, 0.25) is 0 Å². The Morgan fingerprint density at radius 2 is 2.05 bits per heavy atom. The summed E-state index contributed by atoms with van der Waals surface area (Å²) in [6.07, 6.45) is 2.92. The van der Waals surface area contributed by atoms with E-state index in [2.05, 4.69) is 79.3 Å². The van der Waals surface area contributed by atoms with Crippen LogP contribution in [0, 0.1) is 6.92 Å². The van der Waals surface area contributed by atoms with E-state index in [0.29, 0.717) is 24.5 Å². The molecule has 0 unspecified atom stereocenters. The lowest BCUT2D eigenvalue weighted by atomic mass is 10.0. The van der Waals surface area contributed by atoms with Crippen LogP contribution in [0.25, 0.3) is 10.9 Å². The molecule has 1 N–H and O–H groups in total. The van der Waals surface area contributed by atoms with Gasteiger partial charge in [-0.1, -0.05) is 48.5 Å². The Balaban J connectivity index is 1.46. The third kappa shape index (κ3) is 5.85. The van der Waals surface area contributed by atoms with Gasteiger partial charge in [0.25, 0.3) is 5.56 Å². The lowest BCUT2D eigenvalue weighted by Crippen LogP contribution is -2.36. The maximum Gasteiger partial charge on any atom is 0.253 e. The number of nitrogens with zero attached hydrogens (tertiary/aromatic N) is 5. The molecule has 1 aliphatic heterocycles. The minimum atomic E-state index is -0.443. The average Bonchev–Trinajstić information content (AvgIpc) is 3.73. The second-order valence-corrected chi connectivity index (χ2v) is 11.2. The molecule has 9 heteroatoms. The van der Waals surface area contributed by atoms with E-state index < -0.39 is 6.04 Å². The van der Waals surface area contributed by atoms with Crippen LogP contribution in [0.3, 0.4) is 0 Å². The predicted molar refractivity (Wildman–Crippen MR) is 153 cm³/mol. The quantitative estimate of drug-likeness (QED) is 0.271. The number of rotatable bonds is 10. The van der Waals surface area contributed by atoms with Gasteiger partial charge in [0.2, 0.25) is 0 Å². The van der Waals surface area contributed by atoms with E-state index in [1.807, 2.05) is 29.8 Å². The molecule has 1 fully saturated rings. The van der Waals surface area contributed by atoms with Gasteiger partial charge < -0.3 is 9.72 Å². The molecule has 0 bridgehead atoms. The number of ether oxygens (including phenoxy) is 1. The van der Waals surface area contributed by atoms with Crippen molar-refractivity contribution in [2.45, 2.75) is 51.4 Å². The van der Waals surface area contributed by atoms with Gasteiger partial charge in [-0.05, 0) is 76.7 Å². The van der Waals surface area contributed by atoms with Crippen molar-refractivity contribution in [3.05, 3.63) is 110 Å². The van der Waals surface area contributed by atoms with Crippen molar-refractivity contribution in [3.63, 3.8) is 0 Å². The molecular weight excluding hydrogens is 508 g/mol. The molecule has 0 spiro atoms. The van der Waals surface area contributed by atoms with Crippen molar-refractivity contribution in [2.75, 3.05) is 13.2 Å². The molecule has 2 atom stereocenters. The number of aromatic amines is 1. The normalized spacial score (nSPS) is 16.3. The molecule has 39 heavy (non-hydrogen) atoms. The number of pyridine rings is 1. The highest BCUT2D eigenvalue weighted by Crippen LogP contribution is 2.30. The molecule has 0 aliphatic carbocycles. The summed E-state index contributed by atoms with van der Waals surface area (Å²) in [5.74, 6) is 0.659. The Hall–Kier alpha value is -3.66. The zero-order valence-corrected chi connectivity index (χ0v) is 22.8. The molecule has 3 aromatic heterocycles. The van der Waals surface area contributed by atoms with Crippen LogP contribution in [0.5, 0.6) is 0 Å². The Morgan fingerprint density at radius 3 is 2.85 bits per heavy atom. The highest BCUT2D eigenvalue weighted by atomic mass is 32.1. The first-order valence-electron chi connectivity index (χ1n) is 13.5. The molecule has 8 nitrogen and oxygen atoms in total. The van der Waals surface area contributed by atoms with Crippen LogP contribution in [-0.2, 0) is 24.2 Å². The maximum atomic E-state index is 13.7. The van der Waals surface area contributed by atoms with Crippen LogP contribution < -0.4 is 5.56 Å². The predicted octanol–water partition coefficient (Wildman–Crippen LogP) is 4.90. The fraction of sp³-hybridized carbons (Fsp3) is 0.333. The zero-order chi connectivity index (χ0) is 26.6. The van der Waals surface area contributed by atoms with E-state index >= 15 is 0 Å². The Bertz CT molecular complexity index is 1570. The van der Waals surface area contributed by atoms with Crippen molar-refractivity contribution in [2.24, 2.45) is 0 Å². The summed E-state index contributed by atoms with van der Waals surface area (Å²) in [4.78, 5) is 20.4. The number of H-pyrrole nitrogens is 1. The SMILES string of the molecule is Cc1ccc2cc([C@H](c3nnnn3C[C@H]3CCCO3)N(CCc3ccccc3)Cc3cccs3)c(=O)[nH]c2c1. The van der Waals surface area contributed by atoms with E-state index in [0.717, 1.165) is 48.9 Å². The maximum absolute atomic E-state index is 13.7. The van der Waals surface area contributed by atoms with E-state index in [-0.39, 0.29) is 11.7 Å². The van der Waals surface area contributed by atoms with Crippen molar-refractivity contribution in [3.8, 4) is 0 Å². The Morgan fingerprint density at radius 1 is 1.15 bits per heavy atom. The first-order chi connectivity index (χ1) is 19.1. The van der Waals surface area contributed by atoms with Gasteiger partial charge in [-0.3, -0.25) is 9.69 Å². The summed E-state index contributed by atoms with van der Waals surface area (Å²) in [6.45, 7) is 4.75. The summed E-state index contributed by atoms with van der Waals surface area (Å²) in [5, 5.41) is 16.1. The van der Waals surface area contributed by atoms with Crippen molar-refractivity contribution in [1.82, 2.24) is 30.1 Å². The van der Waals surface area contributed by atoms with Crippen LogP contribution in [0.15, 0.2) is 76.9 Å². The number of benzene rings is 2. The summed E-state index contributed by atoms with van der Waals surface area (Å²) < 4.78 is 7.75. The number of fused-ring (bicyclic) bond motifs is 1. The Kier molecular flexibility index (Phi) is 7.62. The minimum absolute atomic E-state index is 0.0702. The largest absolute Gasteiger partial charge is 0.376 e. The third-order valence-corrected chi connectivity index (χ3v) is 8.23. The summed E-state index contributed by atoms with van der Waals surface area (Å²) >= 11 is 1.72. The minimum Gasteiger partial charge on any atom is -0.376 e. The van der Waals surface area contributed by atoms with E-state index in [9.17, 15) is 4.79 Å². The van der Waals surface area contributed by atoms with Crippen molar-refractivity contribution < 1.29 is 4.74 Å². The molecule has 1 saturated heterocycles. The third-order valence-electron chi connectivity index (χ3n) is 7.36. The fourth-order valence-electron chi connectivity index (χ4n) is 5.37. The number of aromatic nitrogens is 5. The number of aryl methyl sites for hydroxylation is 1. The molecule has 6 rings (SSSR count). The highest BCUT2D eigenvalue weighted by Gasteiger charge is 2.32. The van der Waals surface area contributed by atoms with Crippen LogP contribution >= 0.6 is 11.3 Å². The van der Waals surface area contributed by atoms with E-state index in [1.54, 1.807) is 11.3 Å². The number of thiophene rings is 1. The molecule has 4 heterocycles. The standard InChI is InChI=1S/C30H32N6O2S/c1-21-11-12-23-18-26(30(37)31-27(23)17-21)28(29-32-33-34-36(29)19-24-9-5-15-38-24)35(20-25-10-6-16-39-25)14-13-22-7-3-2-4-8-22/h2-4,6-8,10-12,16-18,24,28H,5,9,13-15,19-20H2,1H3,(H,31,37)/t24-,28-/m1/s1. The molecule has 5 aromatic rings. The van der Waals surface area contributed by atoms with E-state index in [1.165, 1.54) is 10.4 Å². The molecular formula is C30H32N6O2S. The molecule has 200 valence electrons. The highest BCUT2D eigenvalue weighted by molar-refractivity contribution is 7.09. The lowest BCUT2D eigenvalue weighted by Gasteiger charge is -2.31. The number of nitrogens with one attached hydrogen (secondary N) is 1. The van der Waals surface area contributed by atoms with Crippen LogP contribution in [0.1, 0.15) is 46.3 Å².